The summed E-state index contributed by atoms with van der Waals surface area (Å²) in [6.07, 6.45) is 4.17. The Morgan fingerprint density at radius 3 is 2.07 bits per heavy atom. The lowest BCUT2D eigenvalue weighted by atomic mass is 10.4. The Morgan fingerprint density at radius 1 is 1.50 bits per heavy atom. The fourth-order valence-corrected chi connectivity index (χ4v) is 1.66. The van der Waals surface area contributed by atoms with Crippen molar-refractivity contribution in [1.29, 1.82) is 0 Å². The lowest BCUT2D eigenvalue weighted by molar-refractivity contribution is 0.403. The molecule has 0 amide bonds. The van der Waals surface area contributed by atoms with Crippen LogP contribution < -0.4 is 0 Å². The van der Waals surface area contributed by atoms with Gasteiger partial charge in [-0.15, -0.1) is 0 Å². The molecule has 2 atom stereocenters. The van der Waals surface area contributed by atoms with Crippen molar-refractivity contribution in [3.05, 3.63) is 0 Å². The van der Waals surface area contributed by atoms with Gasteiger partial charge in [-0.2, -0.15) is 0 Å². The molecular weight excluding hydrogens is 199 g/mol. The first kappa shape index (κ1) is 16.6. The second kappa shape index (κ2) is 8.46. The molecule has 4 heteroatoms. The SMILES string of the molecule is C.CCC1CO1.CCCCP(C)(=O)O. The van der Waals surface area contributed by atoms with Crippen LogP contribution in [0.2, 0.25) is 0 Å². The standard InChI is InChI=1S/C5H13O2P.C4H8O.CH4/c1-3-4-5-8(2,6)7;1-2-4-3-5-4;/h3-5H2,1-2H3,(H,6,7);4H,2-3H2,1H3;1H4. The highest BCUT2D eigenvalue weighted by molar-refractivity contribution is 7.57. The number of ether oxygens (including phenoxy) is 1. The van der Waals surface area contributed by atoms with Crippen LogP contribution in [0.4, 0.5) is 0 Å². The number of rotatable bonds is 4. The minimum absolute atomic E-state index is 0. The minimum atomic E-state index is -2.68. The van der Waals surface area contributed by atoms with Crippen LogP contribution in [0, 0.1) is 0 Å². The Kier molecular flexibility index (Phi) is 10.0. The van der Waals surface area contributed by atoms with Crippen LogP contribution in [0.5, 0.6) is 0 Å². The molecule has 0 spiro atoms. The molecule has 1 heterocycles. The van der Waals surface area contributed by atoms with Gasteiger partial charge >= 0.3 is 0 Å². The second-order valence-corrected chi connectivity index (χ2v) is 6.04. The van der Waals surface area contributed by atoms with Gasteiger partial charge in [-0.25, -0.2) is 0 Å². The first-order valence-corrected chi connectivity index (χ1v) is 7.19. The maximum Gasteiger partial charge on any atom is 0.197 e. The average molecular weight is 224 g/mol. The molecule has 0 bridgehead atoms. The lowest BCUT2D eigenvalue weighted by Crippen LogP contribution is -1.84. The maximum absolute atomic E-state index is 10.5. The number of hydrogen-bond donors (Lipinski definition) is 1. The van der Waals surface area contributed by atoms with Gasteiger partial charge in [-0.3, -0.25) is 4.57 Å². The molecule has 1 rings (SSSR count). The first-order valence-electron chi connectivity index (χ1n) is 4.90. The summed E-state index contributed by atoms with van der Waals surface area (Å²) >= 11 is 0. The van der Waals surface area contributed by atoms with Crippen molar-refractivity contribution in [3.8, 4) is 0 Å². The Hall–Kier alpha value is 0.150. The van der Waals surface area contributed by atoms with Crippen molar-refractivity contribution < 1.29 is 14.2 Å². The average Bonchev–Trinajstić information content (AvgIpc) is 2.83. The van der Waals surface area contributed by atoms with E-state index in [4.69, 9.17) is 9.63 Å². The third-order valence-electron chi connectivity index (χ3n) is 1.78. The maximum atomic E-state index is 10.5. The van der Waals surface area contributed by atoms with Gasteiger partial charge in [-0.1, -0.05) is 27.7 Å². The van der Waals surface area contributed by atoms with E-state index >= 15 is 0 Å². The van der Waals surface area contributed by atoms with E-state index in [1.807, 2.05) is 6.92 Å². The van der Waals surface area contributed by atoms with E-state index < -0.39 is 7.37 Å². The van der Waals surface area contributed by atoms with E-state index in [9.17, 15) is 4.57 Å². The summed E-state index contributed by atoms with van der Waals surface area (Å²) in [6, 6.07) is 0. The smallest absolute Gasteiger partial charge is 0.197 e. The van der Waals surface area contributed by atoms with Crippen molar-refractivity contribution in [2.75, 3.05) is 19.4 Å². The van der Waals surface area contributed by atoms with Crippen molar-refractivity contribution in [3.63, 3.8) is 0 Å². The van der Waals surface area contributed by atoms with E-state index in [2.05, 4.69) is 6.92 Å². The van der Waals surface area contributed by atoms with Crippen LogP contribution in [0.1, 0.15) is 40.5 Å². The van der Waals surface area contributed by atoms with Gasteiger partial charge in [-0.05, 0) is 12.8 Å². The van der Waals surface area contributed by atoms with Gasteiger partial charge in [0, 0.05) is 12.8 Å². The molecule has 0 saturated carbocycles. The van der Waals surface area contributed by atoms with Gasteiger partial charge < -0.3 is 9.63 Å². The summed E-state index contributed by atoms with van der Waals surface area (Å²) in [4.78, 5) is 8.70. The highest BCUT2D eigenvalue weighted by atomic mass is 31.2. The third kappa shape index (κ3) is 14.7. The molecular formula is C10H25O3P. The van der Waals surface area contributed by atoms with E-state index in [-0.39, 0.29) is 7.43 Å². The van der Waals surface area contributed by atoms with Crippen LogP contribution in [0.25, 0.3) is 0 Å². The largest absolute Gasteiger partial charge is 0.373 e. The Balaban J connectivity index is 0. The van der Waals surface area contributed by atoms with E-state index in [0.29, 0.717) is 12.3 Å². The molecule has 0 aromatic rings. The Labute approximate surface area is 88.3 Å². The summed E-state index contributed by atoms with van der Waals surface area (Å²) in [5.74, 6) is 0. The van der Waals surface area contributed by atoms with Crippen LogP contribution in [0.15, 0.2) is 0 Å². The number of hydrogen-bond acceptors (Lipinski definition) is 2. The highest BCUT2D eigenvalue weighted by Gasteiger charge is 2.18. The normalized spacial score (nSPS) is 22.4. The first-order chi connectivity index (χ1) is 5.99. The van der Waals surface area contributed by atoms with Crippen molar-refractivity contribution in [2.45, 2.75) is 46.6 Å². The Morgan fingerprint density at radius 2 is 2.00 bits per heavy atom. The summed E-state index contributed by atoms with van der Waals surface area (Å²) in [7, 11) is -2.68. The van der Waals surface area contributed by atoms with E-state index in [1.165, 1.54) is 13.1 Å². The predicted octanol–water partition coefficient (Wildman–Crippen LogP) is 3.12. The molecule has 1 N–H and O–H groups in total. The topological polar surface area (TPSA) is 49.8 Å². The van der Waals surface area contributed by atoms with Gasteiger partial charge in [0.15, 0.2) is 7.37 Å². The van der Waals surface area contributed by atoms with Crippen LogP contribution >= 0.6 is 7.37 Å². The summed E-state index contributed by atoms with van der Waals surface area (Å²) in [6.45, 7) is 6.56. The molecule has 0 aromatic heterocycles. The quantitative estimate of drug-likeness (QED) is 0.589. The van der Waals surface area contributed by atoms with Gasteiger partial charge in [0.1, 0.15) is 0 Å². The van der Waals surface area contributed by atoms with E-state index in [0.717, 1.165) is 19.4 Å². The van der Waals surface area contributed by atoms with Crippen molar-refractivity contribution >= 4 is 7.37 Å². The zero-order valence-corrected chi connectivity index (χ0v) is 9.72. The predicted molar refractivity (Wildman–Crippen MR) is 62.3 cm³/mol. The molecule has 1 saturated heterocycles. The van der Waals surface area contributed by atoms with E-state index in [1.54, 1.807) is 0 Å². The van der Waals surface area contributed by atoms with Crippen LogP contribution in [-0.4, -0.2) is 30.4 Å². The highest BCUT2D eigenvalue weighted by Crippen LogP contribution is 2.35. The molecule has 1 aliphatic rings. The molecule has 2 unspecified atom stereocenters. The van der Waals surface area contributed by atoms with Crippen molar-refractivity contribution in [2.24, 2.45) is 0 Å². The summed E-state index contributed by atoms with van der Waals surface area (Å²) < 4.78 is 15.4. The second-order valence-electron chi connectivity index (χ2n) is 3.49. The minimum Gasteiger partial charge on any atom is -0.373 e. The lowest BCUT2D eigenvalue weighted by Gasteiger charge is -2.00. The molecule has 0 aromatic carbocycles. The third-order valence-corrected chi connectivity index (χ3v) is 2.93. The Bertz CT molecular complexity index is 161. The summed E-state index contributed by atoms with van der Waals surface area (Å²) in [5.41, 5.74) is 0. The molecule has 88 valence electrons. The zero-order valence-electron chi connectivity index (χ0n) is 8.82. The van der Waals surface area contributed by atoms with Gasteiger partial charge in [0.05, 0.1) is 12.7 Å². The number of unbranched alkanes of at least 4 members (excludes halogenated alkanes) is 1. The fourth-order valence-electron chi connectivity index (χ4n) is 0.755. The fraction of sp³-hybridized carbons (Fsp3) is 1.00. The molecule has 14 heavy (non-hydrogen) atoms. The number of epoxide rings is 1. The molecule has 1 fully saturated rings. The van der Waals surface area contributed by atoms with Crippen molar-refractivity contribution in [1.82, 2.24) is 0 Å². The summed E-state index contributed by atoms with van der Waals surface area (Å²) in [5, 5.41) is 0. The van der Waals surface area contributed by atoms with Crippen LogP contribution in [-0.2, 0) is 9.30 Å². The molecule has 1 aliphatic heterocycles. The zero-order chi connectivity index (χ0) is 10.3. The molecule has 0 aliphatic carbocycles. The van der Waals surface area contributed by atoms with Gasteiger partial charge in [0.2, 0.25) is 0 Å². The van der Waals surface area contributed by atoms with Gasteiger partial charge in [0.25, 0.3) is 0 Å². The molecule has 3 nitrogen and oxygen atoms in total. The molecule has 0 radical (unpaired) electrons. The monoisotopic (exact) mass is 224 g/mol. The van der Waals surface area contributed by atoms with Crippen LogP contribution in [0.3, 0.4) is 0 Å².